The molecule has 1 aliphatic carbocycles. The van der Waals surface area contributed by atoms with Gasteiger partial charge in [0.05, 0.1) is 13.2 Å². The molecule has 0 spiro atoms. The number of aryl methyl sites for hydroxylation is 1. The molecule has 3 heteroatoms. The second kappa shape index (κ2) is 6.30. The number of aromatic hydroxyl groups is 1. The Kier molecular flexibility index (Phi) is 4.23. The maximum absolute atomic E-state index is 10.1. The number of benzene rings is 2. The molecule has 0 saturated carbocycles. The van der Waals surface area contributed by atoms with Crippen molar-refractivity contribution < 1.29 is 9.84 Å². The maximum atomic E-state index is 10.1. The van der Waals surface area contributed by atoms with E-state index >= 15 is 0 Å². The first-order chi connectivity index (χ1) is 10.7. The number of hydrogen-bond donors (Lipinski definition) is 2. The molecule has 0 fully saturated rings. The lowest BCUT2D eigenvalue weighted by atomic mass is 9.90. The van der Waals surface area contributed by atoms with Gasteiger partial charge in [-0.1, -0.05) is 12.1 Å². The standard InChI is InChI=1S/C19H23NO2/c1-13(17-12-15(22-2)10-11-19(17)21)20-18-9-5-7-14-6-3-4-8-16(14)18/h5,7,9-13,20-21H,3-4,6,8H2,1-2H3. The van der Waals surface area contributed by atoms with Gasteiger partial charge in [-0.25, -0.2) is 0 Å². The minimum absolute atomic E-state index is 0.0172. The number of ether oxygens (including phenoxy) is 1. The molecule has 2 aromatic carbocycles. The van der Waals surface area contributed by atoms with Crippen LogP contribution in [0.5, 0.6) is 11.5 Å². The zero-order chi connectivity index (χ0) is 15.5. The Hall–Kier alpha value is -2.16. The van der Waals surface area contributed by atoms with E-state index < -0.39 is 0 Å². The Morgan fingerprint density at radius 2 is 1.95 bits per heavy atom. The van der Waals surface area contributed by atoms with Crippen LogP contribution < -0.4 is 10.1 Å². The molecule has 1 aliphatic rings. The summed E-state index contributed by atoms with van der Waals surface area (Å²) in [4.78, 5) is 0. The van der Waals surface area contributed by atoms with Crippen LogP contribution in [0.15, 0.2) is 36.4 Å². The molecule has 0 radical (unpaired) electrons. The maximum Gasteiger partial charge on any atom is 0.121 e. The van der Waals surface area contributed by atoms with Crippen molar-refractivity contribution in [1.29, 1.82) is 0 Å². The summed E-state index contributed by atoms with van der Waals surface area (Å²) in [6, 6.07) is 11.9. The smallest absolute Gasteiger partial charge is 0.121 e. The van der Waals surface area contributed by atoms with E-state index in [0.29, 0.717) is 5.75 Å². The number of phenolic OH excluding ortho intramolecular Hbond substituents is 1. The van der Waals surface area contributed by atoms with Gasteiger partial charge in [-0.2, -0.15) is 0 Å². The van der Waals surface area contributed by atoms with Crippen LogP contribution in [-0.2, 0) is 12.8 Å². The van der Waals surface area contributed by atoms with Gasteiger partial charge in [0.15, 0.2) is 0 Å². The van der Waals surface area contributed by atoms with Crippen LogP contribution >= 0.6 is 0 Å². The van der Waals surface area contributed by atoms with Gasteiger partial charge in [0.2, 0.25) is 0 Å². The molecule has 22 heavy (non-hydrogen) atoms. The molecule has 0 saturated heterocycles. The Morgan fingerprint density at radius 3 is 2.77 bits per heavy atom. The van der Waals surface area contributed by atoms with E-state index in [4.69, 9.17) is 4.74 Å². The number of methoxy groups -OCH3 is 1. The molecule has 0 aromatic heterocycles. The number of fused-ring (bicyclic) bond motifs is 1. The molecule has 0 heterocycles. The first kappa shape index (κ1) is 14.8. The van der Waals surface area contributed by atoms with Crippen LogP contribution in [0.4, 0.5) is 5.69 Å². The lowest BCUT2D eigenvalue weighted by Crippen LogP contribution is -2.12. The van der Waals surface area contributed by atoms with E-state index in [-0.39, 0.29) is 6.04 Å². The van der Waals surface area contributed by atoms with Crippen LogP contribution in [0.2, 0.25) is 0 Å². The minimum Gasteiger partial charge on any atom is -0.508 e. The van der Waals surface area contributed by atoms with Gasteiger partial charge in [0, 0.05) is 11.3 Å². The molecule has 1 atom stereocenters. The van der Waals surface area contributed by atoms with Crippen molar-refractivity contribution >= 4 is 5.69 Å². The van der Waals surface area contributed by atoms with Crippen molar-refractivity contribution in [2.45, 2.75) is 38.6 Å². The van der Waals surface area contributed by atoms with Crippen molar-refractivity contribution in [3.05, 3.63) is 53.1 Å². The Balaban J connectivity index is 1.87. The Morgan fingerprint density at radius 1 is 1.14 bits per heavy atom. The fourth-order valence-corrected chi connectivity index (χ4v) is 3.23. The van der Waals surface area contributed by atoms with Gasteiger partial charge in [0.25, 0.3) is 0 Å². The number of hydrogen-bond acceptors (Lipinski definition) is 3. The third kappa shape index (κ3) is 2.89. The molecule has 0 amide bonds. The van der Waals surface area contributed by atoms with Crippen LogP contribution in [0.3, 0.4) is 0 Å². The fraction of sp³-hybridized carbons (Fsp3) is 0.368. The number of phenols is 1. The third-order valence-corrected chi connectivity index (χ3v) is 4.47. The number of anilines is 1. The largest absolute Gasteiger partial charge is 0.508 e. The van der Waals surface area contributed by atoms with Gasteiger partial charge in [-0.05, 0) is 68.0 Å². The lowest BCUT2D eigenvalue weighted by Gasteiger charge is -2.23. The van der Waals surface area contributed by atoms with Gasteiger partial charge in [0.1, 0.15) is 11.5 Å². The average Bonchev–Trinajstić information content (AvgIpc) is 2.55. The third-order valence-electron chi connectivity index (χ3n) is 4.47. The highest BCUT2D eigenvalue weighted by atomic mass is 16.5. The van der Waals surface area contributed by atoms with Crippen LogP contribution in [-0.4, -0.2) is 12.2 Å². The predicted molar refractivity (Wildman–Crippen MR) is 89.8 cm³/mol. The van der Waals surface area contributed by atoms with Crippen LogP contribution in [0.1, 0.15) is 42.5 Å². The zero-order valence-corrected chi connectivity index (χ0v) is 13.2. The van der Waals surface area contributed by atoms with E-state index in [9.17, 15) is 5.11 Å². The number of nitrogens with one attached hydrogen (secondary N) is 1. The molecule has 0 aliphatic heterocycles. The summed E-state index contributed by atoms with van der Waals surface area (Å²) in [5.74, 6) is 1.06. The highest BCUT2D eigenvalue weighted by molar-refractivity contribution is 5.57. The van der Waals surface area contributed by atoms with E-state index in [2.05, 4.69) is 30.4 Å². The summed E-state index contributed by atoms with van der Waals surface area (Å²) < 4.78 is 5.26. The summed E-state index contributed by atoms with van der Waals surface area (Å²) in [7, 11) is 1.64. The van der Waals surface area contributed by atoms with Crippen LogP contribution in [0, 0.1) is 0 Å². The van der Waals surface area contributed by atoms with Gasteiger partial charge < -0.3 is 15.2 Å². The van der Waals surface area contributed by atoms with Crippen molar-refractivity contribution in [2.75, 3.05) is 12.4 Å². The van der Waals surface area contributed by atoms with E-state index in [1.54, 1.807) is 19.2 Å². The zero-order valence-electron chi connectivity index (χ0n) is 13.2. The Labute approximate surface area is 131 Å². The Bertz CT molecular complexity index is 666. The average molecular weight is 297 g/mol. The second-order valence-corrected chi connectivity index (χ2v) is 5.94. The first-order valence-corrected chi connectivity index (χ1v) is 7.93. The topological polar surface area (TPSA) is 41.5 Å². The molecule has 2 N–H and O–H groups in total. The van der Waals surface area contributed by atoms with Crippen molar-refractivity contribution in [3.8, 4) is 11.5 Å². The normalized spacial score (nSPS) is 15.0. The molecule has 0 bridgehead atoms. The van der Waals surface area contributed by atoms with Crippen molar-refractivity contribution in [2.24, 2.45) is 0 Å². The summed E-state index contributed by atoms with van der Waals surface area (Å²) in [6.45, 7) is 2.07. The highest BCUT2D eigenvalue weighted by Crippen LogP contribution is 2.33. The van der Waals surface area contributed by atoms with Crippen molar-refractivity contribution in [3.63, 3.8) is 0 Å². The molecule has 1 unspecified atom stereocenters. The minimum atomic E-state index is 0.0172. The van der Waals surface area contributed by atoms with E-state index in [0.717, 1.165) is 17.7 Å². The predicted octanol–water partition coefficient (Wildman–Crippen LogP) is 4.45. The van der Waals surface area contributed by atoms with Gasteiger partial charge in [-0.3, -0.25) is 0 Å². The monoisotopic (exact) mass is 297 g/mol. The fourth-order valence-electron chi connectivity index (χ4n) is 3.23. The summed E-state index contributed by atoms with van der Waals surface area (Å²) in [6.07, 6.45) is 4.84. The summed E-state index contributed by atoms with van der Waals surface area (Å²) >= 11 is 0. The molecule has 2 aromatic rings. The first-order valence-electron chi connectivity index (χ1n) is 7.93. The van der Waals surface area contributed by atoms with Gasteiger partial charge in [-0.15, -0.1) is 0 Å². The number of rotatable bonds is 4. The molecular formula is C19H23NO2. The van der Waals surface area contributed by atoms with Gasteiger partial charge >= 0.3 is 0 Å². The van der Waals surface area contributed by atoms with E-state index in [1.807, 2.05) is 6.07 Å². The SMILES string of the molecule is COc1ccc(O)c(C(C)Nc2cccc3c2CCCC3)c1. The lowest BCUT2D eigenvalue weighted by molar-refractivity contribution is 0.410. The van der Waals surface area contributed by atoms with Crippen molar-refractivity contribution in [1.82, 2.24) is 0 Å². The second-order valence-electron chi connectivity index (χ2n) is 5.94. The molecule has 3 nitrogen and oxygen atoms in total. The van der Waals surface area contributed by atoms with E-state index in [1.165, 1.54) is 36.1 Å². The summed E-state index contributed by atoms with van der Waals surface area (Å²) in [5.41, 5.74) is 4.93. The molecular weight excluding hydrogens is 274 g/mol. The van der Waals surface area contributed by atoms with Crippen LogP contribution in [0.25, 0.3) is 0 Å². The molecule has 116 valence electrons. The highest BCUT2D eigenvalue weighted by Gasteiger charge is 2.16. The molecule has 3 rings (SSSR count). The quantitative estimate of drug-likeness (QED) is 0.876. The summed E-state index contributed by atoms with van der Waals surface area (Å²) in [5, 5.41) is 13.7.